The minimum atomic E-state index is 1.16. The van der Waals surface area contributed by atoms with Crippen LogP contribution in [-0.2, 0) is 0 Å². The van der Waals surface area contributed by atoms with Crippen LogP contribution in [0.4, 0.5) is 11.4 Å². The van der Waals surface area contributed by atoms with Crippen LogP contribution in [0.5, 0.6) is 0 Å². The van der Waals surface area contributed by atoms with Crippen LogP contribution in [-0.4, -0.2) is 11.6 Å². The summed E-state index contributed by atoms with van der Waals surface area (Å²) in [6.45, 7) is 0. The average molecular weight is 475 g/mol. The van der Waals surface area contributed by atoms with E-state index in [1.165, 1.54) is 55.1 Å². The molecule has 1 aromatic heterocycles. The number of nitrogens with zero attached hydrogens (tertiary/aromatic N) is 2. The van der Waals surface area contributed by atoms with Crippen molar-refractivity contribution >= 4 is 44.0 Å². The molecule has 0 fully saturated rings. The fourth-order valence-electron chi connectivity index (χ4n) is 5.58. The molecule has 0 aliphatic rings. The Hall–Kier alpha value is -4.82. The first-order valence-corrected chi connectivity index (χ1v) is 12.7. The number of para-hydroxylation sites is 3. The maximum atomic E-state index is 2.43. The van der Waals surface area contributed by atoms with Crippen molar-refractivity contribution in [2.45, 2.75) is 0 Å². The lowest BCUT2D eigenvalue weighted by Gasteiger charge is -2.20. The van der Waals surface area contributed by atoms with Crippen LogP contribution in [0.15, 0.2) is 140 Å². The molecule has 0 aliphatic heterocycles. The second-order valence-corrected chi connectivity index (χ2v) is 9.49. The molecule has 2 heteroatoms. The zero-order valence-electron chi connectivity index (χ0n) is 20.7. The molecular weight excluding hydrogens is 448 g/mol. The third kappa shape index (κ3) is 3.49. The largest absolute Gasteiger partial charge is 0.345 e. The van der Waals surface area contributed by atoms with Crippen molar-refractivity contribution < 1.29 is 0 Å². The van der Waals surface area contributed by atoms with Gasteiger partial charge in [-0.25, -0.2) is 0 Å². The third-order valence-corrected chi connectivity index (χ3v) is 7.40. The number of fused-ring (bicyclic) bond motifs is 5. The molecule has 0 saturated heterocycles. The number of hydrogen-bond donors (Lipinski definition) is 0. The number of anilines is 2. The highest BCUT2D eigenvalue weighted by Crippen LogP contribution is 2.41. The van der Waals surface area contributed by atoms with Crippen molar-refractivity contribution in [3.05, 3.63) is 140 Å². The smallest absolute Gasteiger partial charge is 0.0619 e. The van der Waals surface area contributed by atoms with Gasteiger partial charge in [0, 0.05) is 40.4 Å². The Morgan fingerprint density at radius 3 is 1.95 bits per heavy atom. The summed E-state index contributed by atoms with van der Waals surface area (Å²) in [5, 5.41) is 5.13. The third-order valence-electron chi connectivity index (χ3n) is 7.40. The van der Waals surface area contributed by atoms with Crippen molar-refractivity contribution in [3.63, 3.8) is 0 Å². The van der Waals surface area contributed by atoms with E-state index in [4.69, 9.17) is 0 Å². The van der Waals surface area contributed by atoms with Crippen LogP contribution < -0.4 is 4.90 Å². The summed E-state index contributed by atoms with van der Waals surface area (Å²) in [5.74, 6) is 0. The van der Waals surface area contributed by atoms with Crippen molar-refractivity contribution in [2.75, 3.05) is 11.9 Å². The van der Waals surface area contributed by atoms with Crippen LogP contribution >= 0.6 is 0 Å². The van der Waals surface area contributed by atoms with Crippen LogP contribution in [0.25, 0.3) is 49.4 Å². The Morgan fingerprint density at radius 2 is 1.16 bits per heavy atom. The second kappa shape index (κ2) is 8.69. The molecule has 0 aliphatic carbocycles. The van der Waals surface area contributed by atoms with E-state index in [0.29, 0.717) is 0 Å². The summed E-state index contributed by atoms with van der Waals surface area (Å²) < 4.78 is 2.43. The first-order chi connectivity index (χ1) is 18.3. The molecule has 7 aromatic rings. The quantitative estimate of drug-likeness (QED) is 0.247. The number of benzene rings is 6. The summed E-state index contributed by atoms with van der Waals surface area (Å²) in [7, 11) is 2.11. The van der Waals surface area contributed by atoms with E-state index in [0.717, 1.165) is 5.69 Å². The molecule has 0 bridgehead atoms. The van der Waals surface area contributed by atoms with Gasteiger partial charge < -0.3 is 9.47 Å². The van der Waals surface area contributed by atoms with Gasteiger partial charge in [-0.2, -0.15) is 0 Å². The van der Waals surface area contributed by atoms with Crippen molar-refractivity contribution in [2.24, 2.45) is 0 Å². The van der Waals surface area contributed by atoms with Gasteiger partial charge in [0.1, 0.15) is 0 Å². The summed E-state index contributed by atoms with van der Waals surface area (Å²) in [5.41, 5.74) is 8.42. The van der Waals surface area contributed by atoms with Crippen LogP contribution in [0.3, 0.4) is 0 Å². The van der Waals surface area contributed by atoms with Crippen LogP contribution in [0, 0.1) is 0 Å². The molecule has 0 saturated carbocycles. The summed E-state index contributed by atoms with van der Waals surface area (Å²) in [6, 6.07) is 50.0. The van der Waals surface area contributed by atoms with Gasteiger partial charge in [-0.3, -0.25) is 0 Å². The molecular formula is C35H26N2. The first-order valence-electron chi connectivity index (χ1n) is 12.7. The monoisotopic (exact) mass is 474 g/mol. The summed E-state index contributed by atoms with van der Waals surface area (Å²) in [4.78, 5) is 2.22. The molecule has 0 N–H and O–H groups in total. The van der Waals surface area contributed by atoms with Gasteiger partial charge in [-0.05, 0) is 58.8 Å². The molecule has 1 heterocycles. The van der Waals surface area contributed by atoms with E-state index in [9.17, 15) is 0 Å². The molecule has 0 spiro atoms. The van der Waals surface area contributed by atoms with Gasteiger partial charge in [0.2, 0.25) is 0 Å². The Kier molecular flexibility index (Phi) is 5.04. The Bertz CT molecular complexity index is 1860. The molecule has 0 amide bonds. The highest BCUT2D eigenvalue weighted by molar-refractivity contribution is 6.23. The Morgan fingerprint density at radius 1 is 0.514 bits per heavy atom. The molecule has 0 atom stereocenters. The predicted molar refractivity (Wildman–Crippen MR) is 158 cm³/mol. The van der Waals surface area contributed by atoms with Gasteiger partial charge in [0.25, 0.3) is 0 Å². The molecule has 37 heavy (non-hydrogen) atoms. The highest BCUT2D eigenvalue weighted by atomic mass is 15.1. The van der Waals surface area contributed by atoms with Crippen LogP contribution in [0.1, 0.15) is 0 Å². The Balaban J connectivity index is 1.48. The minimum absolute atomic E-state index is 1.16. The maximum Gasteiger partial charge on any atom is 0.0619 e. The highest BCUT2D eigenvalue weighted by Gasteiger charge is 2.18. The Labute approximate surface area is 216 Å². The van der Waals surface area contributed by atoms with Crippen LogP contribution in [0.2, 0.25) is 0 Å². The van der Waals surface area contributed by atoms with E-state index < -0.39 is 0 Å². The lowest BCUT2D eigenvalue weighted by Crippen LogP contribution is -2.08. The fourth-order valence-corrected chi connectivity index (χ4v) is 5.58. The molecule has 6 aromatic carbocycles. The number of aromatic nitrogens is 1. The van der Waals surface area contributed by atoms with Crippen molar-refractivity contribution in [1.82, 2.24) is 4.57 Å². The SMILES string of the molecule is CN(c1ccccc1)c1ccc(-c2cccc3c4c5ccccc5ccc4n(-c4ccccc4)c23)cc1. The van der Waals surface area contributed by atoms with Gasteiger partial charge in [0.05, 0.1) is 11.0 Å². The average Bonchev–Trinajstić information content (AvgIpc) is 3.33. The van der Waals surface area contributed by atoms with E-state index in [1.54, 1.807) is 0 Å². The second-order valence-electron chi connectivity index (χ2n) is 9.49. The number of rotatable bonds is 4. The lowest BCUT2D eigenvalue weighted by molar-refractivity contribution is 1.18. The van der Waals surface area contributed by atoms with E-state index in [1.807, 2.05) is 0 Å². The van der Waals surface area contributed by atoms with E-state index >= 15 is 0 Å². The molecule has 2 nitrogen and oxygen atoms in total. The van der Waals surface area contributed by atoms with Gasteiger partial charge in [-0.1, -0.05) is 97.1 Å². The van der Waals surface area contributed by atoms with Gasteiger partial charge in [-0.15, -0.1) is 0 Å². The zero-order valence-corrected chi connectivity index (χ0v) is 20.7. The molecule has 0 unspecified atom stereocenters. The maximum absolute atomic E-state index is 2.43. The fraction of sp³-hybridized carbons (Fsp3) is 0.0286. The molecule has 0 radical (unpaired) electrons. The first kappa shape index (κ1) is 21.5. The van der Waals surface area contributed by atoms with Gasteiger partial charge in [0.15, 0.2) is 0 Å². The molecule has 176 valence electrons. The molecule has 7 rings (SSSR count). The zero-order chi connectivity index (χ0) is 24.8. The topological polar surface area (TPSA) is 8.17 Å². The predicted octanol–water partition coefficient (Wildman–Crippen LogP) is 9.37. The van der Waals surface area contributed by atoms with Crippen molar-refractivity contribution in [3.8, 4) is 16.8 Å². The normalized spacial score (nSPS) is 11.4. The van der Waals surface area contributed by atoms with Gasteiger partial charge >= 0.3 is 0 Å². The van der Waals surface area contributed by atoms with E-state index in [2.05, 4.69) is 156 Å². The lowest BCUT2D eigenvalue weighted by atomic mass is 9.99. The van der Waals surface area contributed by atoms with Crippen molar-refractivity contribution in [1.29, 1.82) is 0 Å². The minimum Gasteiger partial charge on any atom is -0.345 e. The number of hydrogen-bond acceptors (Lipinski definition) is 1. The summed E-state index contributed by atoms with van der Waals surface area (Å²) >= 11 is 0. The summed E-state index contributed by atoms with van der Waals surface area (Å²) in [6.07, 6.45) is 0. The standard InChI is InChI=1S/C35H26N2/c1-36(27-12-4-2-5-13-27)28-22-19-26(20-23-28)31-17-10-18-32-34-30-16-9-8-11-25(30)21-24-33(34)37(35(31)32)29-14-6-3-7-15-29/h2-24H,1H3. The van der Waals surface area contributed by atoms with E-state index in [-0.39, 0.29) is 0 Å².